The van der Waals surface area contributed by atoms with E-state index in [1.54, 1.807) is 31.8 Å². The summed E-state index contributed by atoms with van der Waals surface area (Å²) in [5.41, 5.74) is 26.5. The van der Waals surface area contributed by atoms with Gasteiger partial charge in [-0.25, -0.2) is 0 Å². The van der Waals surface area contributed by atoms with E-state index in [0.29, 0.717) is 5.66 Å². The molecule has 1 aliphatic rings. The van der Waals surface area contributed by atoms with Crippen molar-refractivity contribution in [1.82, 2.24) is 0 Å². The van der Waals surface area contributed by atoms with Gasteiger partial charge < -0.3 is 0 Å². The van der Waals surface area contributed by atoms with Gasteiger partial charge in [-0.15, -0.1) is 0 Å². The van der Waals surface area contributed by atoms with Crippen LogP contribution in [0.15, 0.2) is 72.8 Å². The van der Waals surface area contributed by atoms with Crippen LogP contribution in [0.1, 0.15) is 126 Å². The molecule has 1 aliphatic carbocycles. The minimum Gasteiger partial charge on any atom is -0.0584 e. The molecule has 0 aromatic heterocycles. The van der Waals surface area contributed by atoms with Crippen LogP contribution in [0.5, 0.6) is 0 Å². The summed E-state index contributed by atoms with van der Waals surface area (Å²) in [6.07, 6.45) is 4.94. The highest BCUT2D eigenvalue weighted by Crippen LogP contribution is 2.76. The predicted molar refractivity (Wildman–Crippen MR) is 287 cm³/mol. The summed E-state index contributed by atoms with van der Waals surface area (Å²) >= 11 is 0. The summed E-state index contributed by atoms with van der Waals surface area (Å²) in [4.78, 5) is -0.0943. The third kappa shape index (κ3) is 8.06. The Labute approximate surface area is 387 Å². The smallest absolute Gasteiger partial charge is 0.0340 e. The quantitative estimate of drug-likeness (QED) is 0.127. The van der Waals surface area contributed by atoms with E-state index in [4.69, 9.17) is 0 Å². The Morgan fingerprint density at radius 1 is 0.302 bits per heavy atom. The molecule has 1 fully saturated rings. The van der Waals surface area contributed by atoms with Crippen LogP contribution in [-0.4, -0.2) is 10.6 Å². The SMILES string of the molecule is Cc1ccc(P(c2ccc(C)c(C)c2C)C2CCCCC2(P(c2ccc(C)c(C)c2C)c2ccc(C)c(C)c2C)P(c2ccc(C)c(C)c2C)c2ccc(C)c(C)c2C)c(C)c1C. The minimum atomic E-state index is -0.953. The Bertz CT molecular complexity index is 2460. The number of aryl methyl sites for hydroxylation is 6. The average Bonchev–Trinajstić information content (AvgIpc) is 3.26. The van der Waals surface area contributed by atoms with E-state index in [-0.39, 0.29) is 4.90 Å². The molecule has 0 bridgehead atoms. The van der Waals surface area contributed by atoms with Crippen LogP contribution in [0.2, 0.25) is 0 Å². The maximum absolute atomic E-state index is 2.62. The molecule has 6 aromatic rings. The molecular formula is C60H75P3. The Morgan fingerprint density at radius 3 is 0.810 bits per heavy atom. The Hall–Kier alpha value is -3.39. The number of hydrogen-bond acceptors (Lipinski definition) is 0. The van der Waals surface area contributed by atoms with E-state index in [9.17, 15) is 0 Å². The lowest BCUT2D eigenvalue weighted by Crippen LogP contribution is -2.52. The molecule has 0 N–H and O–H groups in total. The zero-order valence-corrected chi connectivity index (χ0v) is 44.9. The van der Waals surface area contributed by atoms with E-state index in [1.807, 2.05) is 0 Å². The average molecular weight is 889 g/mol. The van der Waals surface area contributed by atoms with Crippen LogP contribution in [0.4, 0.5) is 0 Å². The van der Waals surface area contributed by atoms with Gasteiger partial charge in [0.05, 0.1) is 0 Å². The van der Waals surface area contributed by atoms with Crippen LogP contribution in [-0.2, 0) is 0 Å². The summed E-state index contributed by atoms with van der Waals surface area (Å²) in [7, 11) is -2.75. The molecule has 6 aromatic carbocycles. The molecule has 0 spiro atoms. The molecule has 0 heterocycles. The zero-order valence-electron chi connectivity index (χ0n) is 42.2. The first-order valence-corrected chi connectivity index (χ1v) is 27.7. The highest BCUT2D eigenvalue weighted by atomic mass is 31.2. The Kier molecular flexibility index (Phi) is 13.9. The van der Waals surface area contributed by atoms with Gasteiger partial charge in [0.2, 0.25) is 0 Å². The third-order valence-corrected chi connectivity index (χ3v) is 28.0. The van der Waals surface area contributed by atoms with Gasteiger partial charge >= 0.3 is 0 Å². The molecule has 0 radical (unpaired) electrons. The van der Waals surface area contributed by atoms with Crippen LogP contribution in [0.25, 0.3) is 0 Å². The summed E-state index contributed by atoms with van der Waals surface area (Å²) in [5, 5.41) is 9.61. The molecule has 1 atom stereocenters. The summed E-state index contributed by atoms with van der Waals surface area (Å²) in [6, 6.07) is 30.5. The molecule has 0 nitrogen and oxygen atoms in total. The maximum Gasteiger partial charge on any atom is 0.0340 e. The molecule has 1 unspecified atom stereocenters. The highest BCUT2D eigenvalue weighted by molar-refractivity contribution is 7.92. The second kappa shape index (κ2) is 18.5. The van der Waals surface area contributed by atoms with Gasteiger partial charge in [0, 0.05) is 10.6 Å². The van der Waals surface area contributed by atoms with E-state index in [0.717, 1.165) is 0 Å². The second-order valence-electron chi connectivity index (χ2n) is 19.6. The third-order valence-electron chi connectivity index (χ3n) is 16.6. The van der Waals surface area contributed by atoms with Crippen molar-refractivity contribution in [1.29, 1.82) is 0 Å². The van der Waals surface area contributed by atoms with Gasteiger partial charge in [0.1, 0.15) is 0 Å². The lowest BCUT2D eigenvalue weighted by molar-refractivity contribution is 0.492. The minimum absolute atomic E-state index is 0.0943. The standard InChI is InChI=1S/C60H75P3/c1-35-22-28-53(47(13)41(35)7)61(54-29-23-36(2)42(8)48(54)14)59-21-19-20-34-60(59,62(55-30-24-37(3)43(9)49(55)15)56-31-25-38(4)44(10)50(56)16)63(57-32-26-39(5)45(11)51(57)17)58-33-27-40(6)46(12)52(58)18/h22-33,59H,19-21,34H2,1-18H3. The van der Waals surface area contributed by atoms with Gasteiger partial charge in [-0.3, -0.25) is 0 Å². The van der Waals surface area contributed by atoms with Crippen molar-refractivity contribution in [3.05, 3.63) is 173 Å². The molecule has 3 heteroatoms. The first-order chi connectivity index (χ1) is 29.8. The topological polar surface area (TPSA) is 0 Å². The molecular weight excluding hydrogens is 814 g/mol. The maximum atomic E-state index is 2.62. The Morgan fingerprint density at radius 2 is 0.540 bits per heavy atom. The zero-order chi connectivity index (χ0) is 46.0. The Balaban J connectivity index is 1.79. The molecule has 63 heavy (non-hydrogen) atoms. The number of rotatable bonds is 9. The lowest BCUT2D eigenvalue weighted by Gasteiger charge is -2.58. The predicted octanol–water partition coefficient (Wildman–Crippen LogP) is 14.6. The van der Waals surface area contributed by atoms with Crippen LogP contribution in [0.3, 0.4) is 0 Å². The van der Waals surface area contributed by atoms with Crippen molar-refractivity contribution in [2.24, 2.45) is 0 Å². The molecule has 330 valence electrons. The first kappa shape index (κ1) is 47.6. The van der Waals surface area contributed by atoms with Gasteiger partial charge in [-0.1, -0.05) is 85.6 Å². The summed E-state index contributed by atoms with van der Waals surface area (Å²) in [6.45, 7) is 43.1. The fourth-order valence-electron chi connectivity index (χ4n) is 10.8. The fraction of sp³-hybridized carbons (Fsp3) is 0.400. The lowest BCUT2D eigenvalue weighted by atomic mass is 9.98. The molecule has 0 amide bonds. The van der Waals surface area contributed by atoms with Crippen LogP contribution >= 0.6 is 23.8 Å². The van der Waals surface area contributed by atoms with Crippen molar-refractivity contribution in [3.8, 4) is 0 Å². The normalized spacial score (nSPS) is 15.3. The van der Waals surface area contributed by atoms with Gasteiger partial charge in [-0.05, 0) is 293 Å². The highest BCUT2D eigenvalue weighted by Gasteiger charge is 2.58. The van der Waals surface area contributed by atoms with Crippen molar-refractivity contribution in [3.63, 3.8) is 0 Å². The van der Waals surface area contributed by atoms with Crippen molar-refractivity contribution in [2.75, 3.05) is 0 Å². The van der Waals surface area contributed by atoms with E-state index < -0.39 is 23.8 Å². The van der Waals surface area contributed by atoms with Gasteiger partial charge in [0.25, 0.3) is 0 Å². The van der Waals surface area contributed by atoms with E-state index in [2.05, 4.69) is 197 Å². The van der Waals surface area contributed by atoms with Crippen LogP contribution in [0, 0.1) is 125 Å². The van der Waals surface area contributed by atoms with Gasteiger partial charge in [0.15, 0.2) is 0 Å². The van der Waals surface area contributed by atoms with Crippen molar-refractivity contribution in [2.45, 2.75) is 161 Å². The van der Waals surface area contributed by atoms with Crippen molar-refractivity contribution >= 4 is 55.6 Å². The number of benzene rings is 6. The largest absolute Gasteiger partial charge is 0.0584 e. The van der Waals surface area contributed by atoms with Gasteiger partial charge in [-0.2, -0.15) is 0 Å². The van der Waals surface area contributed by atoms with Crippen molar-refractivity contribution < 1.29 is 0 Å². The molecule has 0 saturated heterocycles. The second-order valence-corrected chi connectivity index (χ2v) is 27.1. The number of hydrogen-bond donors (Lipinski definition) is 0. The summed E-state index contributed by atoms with van der Waals surface area (Å²) in [5.74, 6) is 0. The van der Waals surface area contributed by atoms with E-state index in [1.165, 1.54) is 126 Å². The monoisotopic (exact) mass is 889 g/mol. The molecule has 1 saturated carbocycles. The molecule has 7 rings (SSSR count). The molecule has 0 aliphatic heterocycles. The fourth-order valence-corrected chi connectivity index (χ4v) is 24.4. The summed E-state index contributed by atoms with van der Waals surface area (Å²) < 4.78 is 0. The first-order valence-electron chi connectivity index (χ1n) is 23.6. The van der Waals surface area contributed by atoms with E-state index >= 15 is 0 Å². The van der Waals surface area contributed by atoms with Crippen LogP contribution < -0.4 is 31.8 Å².